The Bertz CT molecular complexity index is 423. The van der Waals surface area contributed by atoms with Gasteiger partial charge in [0.25, 0.3) is 0 Å². The number of carbonyl (C=O) groups excluding carboxylic acids is 2. The lowest BCUT2D eigenvalue weighted by molar-refractivity contribution is -0.181. The number of Topliss-reactive ketones (excluding diaryl/α,β-unsaturated/α-hetero) is 1. The fourth-order valence-corrected chi connectivity index (χ4v) is 1.72. The number of rotatable bonds is 7. The SMILES string of the molecule is COC(CCOC(C)=O)(OC)C(=O)c1ccccc1. The van der Waals surface area contributed by atoms with Gasteiger partial charge in [0.2, 0.25) is 11.6 Å². The van der Waals surface area contributed by atoms with E-state index in [4.69, 9.17) is 14.2 Å². The van der Waals surface area contributed by atoms with Gasteiger partial charge in [0.1, 0.15) is 0 Å². The molecule has 5 heteroatoms. The first-order valence-corrected chi connectivity index (χ1v) is 5.89. The molecule has 1 aromatic carbocycles. The monoisotopic (exact) mass is 266 g/mol. The van der Waals surface area contributed by atoms with E-state index in [0.717, 1.165) is 0 Å². The largest absolute Gasteiger partial charge is 0.466 e. The van der Waals surface area contributed by atoms with Crippen molar-refractivity contribution in [2.24, 2.45) is 0 Å². The first-order chi connectivity index (χ1) is 9.05. The van der Waals surface area contributed by atoms with Crippen LogP contribution in [0, 0.1) is 0 Å². The van der Waals surface area contributed by atoms with Crippen LogP contribution in [0.1, 0.15) is 23.7 Å². The Balaban J connectivity index is 2.86. The molecular formula is C14H18O5. The molecule has 0 spiro atoms. The molecular weight excluding hydrogens is 248 g/mol. The van der Waals surface area contributed by atoms with Crippen LogP contribution in [-0.2, 0) is 19.0 Å². The van der Waals surface area contributed by atoms with E-state index in [1.807, 2.05) is 6.07 Å². The molecule has 104 valence electrons. The van der Waals surface area contributed by atoms with Gasteiger partial charge in [0, 0.05) is 33.1 Å². The third-order valence-electron chi connectivity index (χ3n) is 2.78. The second-order valence-electron chi connectivity index (χ2n) is 3.95. The van der Waals surface area contributed by atoms with Crippen molar-refractivity contribution in [2.45, 2.75) is 19.1 Å². The van der Waals surface area contributed by atoms with Gasteiger partial charge in [-0.3, -0.25) is 9.59 Å². The highest BCUT2D eigenvalue weighted by Gasteiger charge is 2.39. The number of carbonyl (C=O) groups is 2. The quantitative estimate of drug-likeness (QED) is 0.428. The van der Waals surface area contributed by atoms with E-state index in [1.54, 1.807) is 24.3 Å². The Hall–Kier alpha value is -1.72. The molecule has 0 atom stereocenters. The van der Waals surface area contributed by atoms with Gasteiger partial charge in [-0.1, -0.05) is 30.3 Å². The van der Waals surface area contributed by atoms with E-state index in [1.165, 1.54) is 21.1 Å². The van der Waals surface area contributed by atoms with Gasteiger partial charge >= 0.3 is 5.97 Å². The summed E-state index contributed by atoms with van der Waals surface area (Å²) in [6, 6.07) is 8.70. The first kappa shape index (κ1) is 15.3. The van der Waals surface area contributed by atoms with Crippen molar-refractivity contribution in [1.29, 1.82) is 0 Å². The van der Waals surface area contributed by atoms with Crippen LogP contribution in [-0.4, -0.2) is 38.4 Å². The van der Waals surface area contributed by atoms with Gasteiger partial charge in [-0.25, -0.2) is 0 Å². The van der Waals surface area contributed by atoms with E-state index in [0.29, 0.717) is 5.56 Å². The average Bonchev–Trinajstić information content (AvgIpc) is 2.44. The Morgan fingerprint density at radius 2 is 1.68 bits per heavy atom. The van der Waals surface area contributed by atoms with Crippen LogP contribution in [0.2, 0.25) is 0 Å². The molecule has 0 aliphatic carbocycles. The molecule has 0 unspecified atom stereocenters. The summed E-state index contributed by atoms with van der Waals surface area (Å²) in [6.07, 6.45) is 0.132. The molecule has 0 heterocycles. The van der Waals surface area contributed by atoms with E-state index in [2.05, 4.69) is 0 Å². The summed E-state index contributed by atoms with van der Waals surface area (Å²) in [4.78, 5) is 23.2. The van der Waals surface area contributed by atoms with Crippen LogP contribution in [0.3, 0.4) is 0 Å². The highest BCUT2D eigenvalue weighted by atomic mass is 16.7. The summed E-state index contributed by atoms with van der Waals surface area (Å²) in [5, 5.41) is 0. The molecule has 0 N–H and O–H groups in total. The number of hydrogen-bond acceptors (Lipinski definition) is 5. The maximum absolute atomic E-state index is 12.4. The van der Waals surface area contributed by atoms with Crippen LogP contribution < -0.4 is 0 Å². The molecule has 0 fully saturated rings. The number of hydrogen-bond donors (Lipinski definition) is 0. The number of benzene rings is 1. The Morgan fingerprint density at radius 1 is 1.11 bits per heavy atom. The van der Waals surface area contributed by atoms with Crippen molar-refractivity contribution >= 4 is 11.8 Å². The minimum atomic E-state index is -1.43. The topological polar surface area (TPSA) is 61.8 Å². The highest BCUT2D eigenvalue weighted by molar-refractivity contribution is 6.01. The van der Waals surface area contributed by atoms with Gasteiger partial charge in [-0.2, -0.15) is 0 Å². The summed E-state index contributed by atoms with van der Waals surface area (Å²) in [5.41, 5.74) is 0.481. The fourth-order valence-electron chi connectivity index (χ4n) is 1.72. The van der Waals surface area contributed by atoms with E-state index in [9.17, 15) is 9.59 Å². The van der Waals surface area contributed by atoms with Gasteiger partial charge < -0.3 is 14.2 Å². The molecule has 0 aliphatic heterocycles. The maximum atomic E-state index is 12.4. The maximum Gasteiger partial charge on any atom is 0.302 e. The lowest BCUT2D eigenvalue weighted by atomic mass is 10.0. The molecule has 0 radical (unpaired) electrons. The van der Waals surface area contributed by atoms with E-state index in [-0.39, 0.29) is 18.8 Å². The third-order valence-corrected chi connectivity index (χ3v) is 2.78. The number of methoxy groups -OCH3 is 2. The molecule has 0 saturated heterocycles. The number of ketones is 1. The van der Waals surface area contributed by atoms with Crippen LogP contribution in [0.25, 0.3) is 0 Å². The second kappa shape index (κ2) is 7.01. The minimum Gasteiger partial charge on any atom is -0.466 e. The summed E-state index contributed by atoms with van der Waals surface area (Å²) >= 11 is 0. The predicted molar refractivity (Wildman–Crippen MR) is 68.8 cm³/mol. The van der Waals surface area contributed by atoms with Crippen molar-refractivity contribution in [3.63, 3.8) is 0 Å². The zero-order chi connectivity index (χ0) is 14.3. The lowest BCUT2D eigenvalue weighted by Crippen LogP contribution is -2.44. The lowest BCUT2D eigenvalue weighted by Gasteiger charge is -2.29. The van der Waals surface area contributed by atoms with Crippen molar-refractivity contribution < 1.29 is 23.8 Å². The minimum absolute atomic E-state index is 0.0512. The first-order valence-electron chi connectivity index (χ1n) is 5.89. The fraction of sp³-hybridized carbons (Fsp3) is 0.429. The van der Waals surface area contributed by atoms with Crippen LogP contribution >= 0.6 is 0 Å². The Morgan fingerprint density at radius 3 is 2.16 bits per heavy atom. The molecule has 1 rings (SSSR count). The smallest absolute Gasteiger partial charge is 0.302 e. The van der Waals surface area contributed by atoms with Crippen molar-refractivity contribution in [3.05, 3.63) is 35.9 Å². The summed E-state index contributed by atoms with van der Waals surface area (Å²) in [5.74, 6) is -2.14. The number of ether oxygens (including phenoxy) is 3. The highest BCUT2D eigenvalue weighted by Crippen LogP contribution is 2.22. The Kier molecular flexibility index (Phi) is 5.66. The van der Waals surface area contributed by atoms with Gasteiger partial charge in [-0.15, -0.1) is 0 Å². The number of esters is 1. The van der Waals surface area contributed by atoms with Gasteiger partial charge in [-0.05, 0) is 0 Å². The van der Waals surface area contributed by atoms with Crippen molar-refractivity contribution in [1.82, 2.24) is 0 Å². The standard InChI is InChI=1S/C14H18O5/c1-11(15)19-10-9-14(17-2,18-3)13(16)12-7-5-4-6-8-12/h4-8H,9-10H2,1-3H3. The normalized spacial score (nSPS) is 11.1. The second-order valence-corrected chi connectivity index (χ2v) is 3.95. The molecule has 5 nitrogen and oxygen atoms in total. The molecule has 0 aromatic heterocycles. The molecule has 0 amide bonds. The van der Waals surface area contributed by atoms with Crippen LogP contribution in [0.4, 0.5) is 0 Å². The van der Waals surface area contributed by atoms with E-state index < -0.39 is 11.8 Å². The summed E-state index contributed by atoms with van der Waals surface area (Å²) in [6.45, 7) is 1.36. The molecule has 1 aromatic rings. The summed E-state index contributed by atoms with van der Waals surface area (Å²) in [7, 11) is 2.77. The van der Waals surface area contributed by atoms with Crippen molar-refractivity contribution in [2.75, 3.05) is 20.8 Å². The molecule has 19 heavy (non-hydrogen) atoms. The Labute approximate surface area is 112 Å². The van der Waals surface area contributed by atoms with Gasteiger partial charge in [0.15, 0.2) is 0 Å². The summed E-state index contributed by atoms with van der Waals surface area (Å²) < 4.78 is 15.3. The third kappa shape index (κ3) is 3.87. The average molecular weight is 266 g/mol. The predicted octanol–water partition coefficient (Wildman–Crippen LogP) is 1.81. The molecule has 0 bridgehead atoms. The zero-order valence-corrected chi connectivity index (χ0v) is 11.3. The molecule has 0 aliphatic rings. The zero-order valence-electron chi connectivity index (χ0n) is 11.3. The molecule has 0 saturated carbocycles. The van der Waals surface area contributed by atoms with Crippen LogP contribution in [0.15, 0.2) is 30.3 Å². The van der Waals surface area contributed by atoms with E-state index >= 15 is 0 Å². The van der Waals surface area contributed by atoms with Gasteiger partial charge in [0.05, 0.1) is 6.61 Å². The van der Waals surface area contributed by atoms with Crippen molar-refractivity contribution in [3.8, 4) is 0 Å². The van der Waals surface area contributed by atoms with Crippen LogP contribution in [0.5, 0.6) is 0 Å².